The highest BCUT2D eigenvalue weighted by atomic mass is 79.9. The van der Waals surface area contributed by atoms with Crippen LogP contribution < -0.4 is 5.32 Å². The summed E-state index contributed by atoms with van der Waals surface area (Å²) in [6, 6.07) is 4.37. The quantitative estimate of drug-likeness (QED) is 0.854. The number of pyridine rings is 1. The zero-order valence-electron chi connectivity index (χ0n) is 12.2. The largest absolute Gasteiger partial charge is 0.384 e. The van der Waals surface area contributed by atoms with E-state index in [0.717, 1.165) is 35.8 Å². The van der Waals surface area contributed by atoms with Crippen molar-refractivity contribution in [3.8, 4) is 0 Å². The van der Waals surface area contributed by atoms with Crippen molar-refractivity contribution >= 4 is 32.5 Å². The Hall–Kier alpha value is -1.09. The lowest BCUT2D eigenvalue weighted by atomic mass is 9.92. The molecule has 0 atom stereocenters. The second-order valence-corrected chi connectivity index (χ2v) is 6.58. The summed E-state index contributed by atoms with van der Waals surface area (Å²) in [5.74, 6) is 0. The molecule has 0 radical (unpaired) electrons. The standard InChI is InChI=1S/C17H21BrN2/c1-3-8-19-17-13-6-4-5-7-15(13)20-16-11(2)9-12(18)10-14(16)17/h9-10H,3-8H2,1-2H3,(H,19,20). The first-order valence-corrected chi connectivity index (χ1v) is 8.35. The highest BCUT2D eigenvalue weighted by Crippen LogP contribution is 2.36. The average Bonchev–Trinajstić information content (AvgIpc) is 2.44. The number of nitrogens with zero attached hydrogens (tertiary/aromatic N) is 1. The minimum absolute atomic E-state index is 1.02. The molecule has 0 fully saturated rings. The SMILES string of the molecule is CCCNc1c2c(nc3c(C)cc(Br)cc13)CCCC2. The van der Waals surface area contributed by atoms with E-state index < -0.39 is 0 Å². The summed E-state index contributed by atoms with van der Waals surface area (Å²) in [6.45, 7) is 5.39. The average molecular weight is 333 g/mol. The summed E-state index contributed by atoms with van der Waals surface area (Å²) in [4.78, 5) is 4.96. The molecule has 1 N–H and O–H groups in total. The van der Waals surface area contributed by atoms with Gasteiger partial charge in [-0.1, -0.05) is 22.9 Å². The smallest absolute Gasteiger partial charge is 0.0756 e. The van der Waals surface area contributed by atoms with E-state index in [0.29, 0.717) is 0 Å². The van der Waals surface area contributed by atoms with Gasteiger partial charge in [-0.3, -0.25) is 4.98 Å². The number of aromatic nitrogens is 1. The first kappa shape index (κ1) is 13.9. The van der Waals surface area contributed by atoms with E-state index in [4.69, 9.17) is 4.98 Å². The van der Waals surface area contributed by atoms with E-state index in [1.165, 1.54) is 40.7 Å². The molecule has 106 valence electrons. The van der Waals surface area contributed by atoms with Gasteiger partial charge in [0.2, 0.25) is 0 Å². The predicted octanol–water partition coefficient (Wildman–Crippen LogP) is 5.01. The van der Waals surface area contributed by atoms with Crippen LogP contribution in [0.5, 0.6) is 0 Å². The molecular weight excluding hydrogens is 312 g/mol. The maximum atomic E-state index is 4.96. The predicted molar refractivity (Wildman–Crippen MR) is 89.6 cm³/mol. The van der Waals surface area contributed by atoms with Crippen LogP contribution in [0.25, 0.3) is 10.9 Å². The summed E-state index contributed by atoms with van der Waals surface area (Å²) in [6.07, 6.45) is 5.99. The molecule has 0 saturated heterocycles. The van der Waals surface area contributed by atoms with Gasteiger partial charge in [0.1, 0.15) is 0 Å². The fraction of sp³-hybridized carbons (Fsp3) is 0.471. The summed E-state index contributed by atoms with van der Waals surface area (Å²) >= 11 is 3.63. The molecule has 3 heteroatoms. The summed E-state index contributed by atoms with van der Waals surface area (Å²) in [7, 11) is 0. The van der Waals surface area contributed by atoms with Crippen LogP contribution in [0.15, 0.2) is 16.6 Å². The van der Waals surface area contributed by atoms with Gasteiger partial charge in [0, 0.05) is 27.8 Å². The van der Waals surface area contributed by atoms with Gasteiger partial charge in [-0.25, -0.2) is 0 Å². The third-order valence-corrected chi connectivity index (χ3v) is 4.53. The highest BCUT2D eigenvalue weighted by Gasteiger charge is 2.19. The molecule has 2 nitrogen and oxygen atoms in total. The molecular formula is C17H21BrN2. The Morgan fingerprint density at radius 2 is 2.05 bits per heavy atom. The Labute approximate surface area is 129 Å². The maximum absolute atomic E-state index is 4.96. The third-order valence-electron chi connectivity index (χ3n) is 4.07. The molecule has 0 saturated carbocycles. The van der Waals surface area contributed by atoms with Crippen LogP contribution in [0.2, 0.25) is 0 Å². The molecule has 0 spiro atoms. The number of benzene rings is 1. The first-order valence-electron chi connectivity index (χ1n) is 7.56. The molecule has 2 aromatic rings. The molecule has 1 aromatic carbocycles. The second kappa shape index (κ2) is 5.72. The number of aryl methyl sites for hydroxylation is 2. The van der Waals surface area contributed by atoms with Gasteiger partial charge < -0.3 is 5.32 Å². The molecule has 0 unspecified atom stereocenters. The third kappa shape index (κ3) is 2.44. The van der Waals surface area contributed by atoms with E-state index >= 15 is 0 Å². The van der Waals surface area contributed by atoms with Gasteiger partial charge in [-0.2, -0.15) is 0 Å². The zero-order valence-corrected chi connectivity index (χ0v) is 13.8. The topological polar surface area (TPSA) is 24.9 Å². The molecule has 0 amide bonds. The van der Waals surface area contributed by atoms with Crippen LogP contribution in [-0.2, 0) is 12.8 Å². The number of fused-ring (bicyclic) bond motifs is 2. The Morgan fingerprint density at radius 1 is 1.25 bits per heavy atom. The minimum atomic E-state index is 1.02. The van der Waals surface area contributed by atoms with Crippen molar-refractivity contribution < 1.29 is 0 Å². The Kier molecular flexibility index (Phi) is 3.97. The van der Waals surface area contributed by atoms with Crippen LogP contribution in [0.1, 0.15) is 43.0 Å². The van der Waals surface area contributed by atoms with E-state index in [1.54, 1.807) is 0 Å². The number of nitrogens with one attached hydrogen (secondary N) is 1. The van der Waals surface area contributed by atoms with Gasteiger partial charge in [-0.15, -0.1) is 0 Å². The second-order valence-electron chi connectivity index (χ2n) is 5.66. The molecule has 1 aromatic heterocycles. The molecule has 3 rings (SSSR count). The number of hydrogen-bond donors (Lipinski definition) is 1. The molecule has 0 bridgehead atoms. The van der Waals surface area contributed by atoms with Crippen molar-refractivity contribution in [2.24, 2.45) is 0 Å². The molecule has 20 heavy (non-hydrogen) atoms. The summed E-state index contributed by atoms with van der Waals surface area (Å²) in [5.41, 5.74) is 6.51. The van der Waals surface area contributed by atoms with Gasteiger partial charge in [0.05, 0.1) is 5.52 Å². The van der Waals surface area contributed by atoms with E-state index in [1.807, 2.05) is 0 Å². The lowest BCUT2D eigenvalue weighted by Crippen LogP contribution is -2.12. The Bertz CT molecular complexity index is 649. The van der Waals surface area contributed by atoms with Gasteiger partial charge in [-0.05, 0) is 62.3 Å². The van der Waals surface area contributed by atoms with Crippen LogP contribution in [-0.4, -0.2) is 11.5 Å². The van der Waals surface area contributed by atoms with Crippen molar-refractivity contribution in [1.29, 1.82) is 0 Å². The maximum Gasteiger partial charge on any atom is 0.0756 e. The van der Waals surface area contributed by atoms with Crippen molar-refractivity contribution in [3.05, 3.63) is 33.4 Å². The monoisotopic (exact) mass is 332 g/mol. The van der Waals surface area contributed by atoms with Crippen molar-refractivity contribution in [2.75, 3.05) is 11.9 Å². The molecule has 0 aliphatic heterocycles. The van der Waals surface area contributed by atoms with Crippen molar-refractivity contribution in [1.82, 2.24) is 4.98 Å². The van der Waals surface area contributed by atoms with E-state index in [-0.39, 0.29) is 0 Å². The highest BCUT2D eigenvalue weighted by molar-refractivity contribution is 9.10. The Balaban J connectivity index is 2.27. The van der Waals surface area contributed by atoms with E-state index in [2.05, 4.69) is 47.2 Å². The van der Waals surface area contributed by atoms with E-state index in [9.17, 15) is 0 Å². The lowest BCUT2D eigenvalue weighted by molar-refractivity contribution is 0.671. The van der Waals surface area contributed by atoms with Crippen LogP contribution >= 0.6 is 15.9 Å². The van der Waals surface area contributed by atoms with Gasteiger partial charge in [0.25, 0.3) is 0 Å². The molecule has 1 aliphatic carbocycles. The van der Waals surface area contributed by atoms with Gasteiger partial charge >= 0.3 is 0 Å². The fourth-order valence-corrected chi connectivity index (χ4v) is 3.68. The Morgan fingerprint density at radius 3 is 2.85 bits per heavy atom. The van der Waals surface area contributed by atoms with Crippen molar-refractivity contribution in [2.45, 2.75) is 46.0 Å². The van der Waals surface area contributed by atoms with Crippen LogP contribution in [0.3, 0.4) is 0 Å². The molecule has 1 heterocycles. The normalized spacial score (nSPS) is 14.3. The first-order chi connectivity index (χ1) is 9.70. The number of halogens is 1. The lowest BCUT2D eigenvalue weighted by Gasteiger charge is -2.22. The van der Waals surface area contributed by atoms with Crippen LogP contribution in [0, 0.1) is 6.92 Å². The van der Waals surface area contributed by atoms with Crippen LogP contribution in [0.4, 0.5) is 5.69 Å². The molecule has 1 aliphatic rings. The number of hydrogen-bond acceptors (Lipinski definition) is 2. The number of rotatable bonds is 3. The fourth-order valence-electron chi connectivity index (χ4n) is 3.11. The summed E-state index contributed by atoms with van der Waals surface area (Å²) < 4.78 is 1.14. The number of anilines is 1. The van der Waals surface area contributed by atoms with Gasteiger partial charge in [0.15, 0.2) is 0 Å². The zero-order chi connectivity index (χ0) is 14.1. The van der Waals surface area contributed by atoms with Crippen molar-refractivity contribution in [3.63, 3.8) is 0 Å². The summed E-state index contributed by atoms with van der Waals surface area (Å²) in [5, 5.41) is 4.93. The minimum Gasteiger partial charge on any atom is -0.384 e.